The molecule has 2 heterocycles. The first-order valence-corrected chi connectivity index (χ1v) is 4.69. The Labute approximate surface area is 85.2 Å². The molecule has 1 aliphatic rings. The molecule has 0 aliphatic carbocycles. The number of benzene rings is 1. The van der Waals surface area contributed by atoms with Crippen LogP contribution < -0.4 is 9.47 Å². The predicted molar refractivity (Wildman–Crippen MR) is 52.2 cm³/mol. The van der Waals surface area contributed by atoms with E-state index in [0.717, 1.165) is 11.1 Å². The summed E-state index contributed by atoms with van der Waals surface area (Å²) in [6.45, 7) is 1.13. The highest BCUT2D eigenvalue weighted by Crippen LogP contribution is 2.41. The SMILES string of the molecule is Clc1cc2c(c3ccoc13)OCCO2. The van der Waals surface area contributed by atoms with Crippen LogP contribution in [0.2, 0.25) is 5.02 Å². The predicted octanol–water partition coefficient (Wildman–Crippen LogP) is 2.86. The minimum Gasteiger partial charge on any atom is -0.486 e. The largest absolute Gasteiger partial charge is 0.486 e. The molecule has 4 heteroatoms. The third-order valence-corrected chi connectivity index (χ3v) is 2.48. The number of fused-ring (bicyclic) bond motifs is 3. The quantitative estimate of drug-likeness (QED) is 0.670. The third-order valence-electron chi connectivity index (χ3n) is 2.20. The van der Waals surface area contributed by atoms with Gasteiger partial charge in [0.25, 0.3) is 0 Å². The fraction of sp³-hybridized carbons (Fsp3) is 0.200. The Morgan fingerprint density at radius 3 is 3.00 bits per heavy atom. The summed E-state index contributed by atoms with van der Waals surface area (Å²) >= 11 is 6.01. The van der Waals surface area contributed by atoms with E-state index < -0.39 is 0 Å². The van der Waals surface area contributed by atoms with Crippen LogP contribution in [0.15, 0.2) is 22.8 Å². The molecule has 0 amide bonds. The van der Waals surface area contributed by atoms with Gasteiger partial charge < -0.3 is 13.9 Å². The monoisotopic (exact) mass is 210 g/mol. The summed E-state index contributed by atoms with van der Waals surface area (Å²) in [6, 6.07) is 3.55. The van der Waals surface area contributed by atoms with E-state index in [9.17, 15) is 0 Å². The van der Waals surface area contributed by atoms with Crippen molar-refractivity contribution in [3.63, 3.8) is 0 Å². The molecule has 3 rings (SSSR count). The van der Waals surface area contributed by atoms with Gasteiger partial charge in [0, 0.05) is 6.07 Å². The summed E-state index contributed by atoms with van der Waals surface area (Å²) < 4.78 is 16.2. The van der Waals surface area contributed by atoms with Gasteiger partial charge in [-0.3, -0.25) is 0 Å². The van der Waals surface area contributed by atoms with Gasteiger partial charge in [0.2, 0.25) is 0 Å². The van der Waals surface area contributed by atoms with Gasteiger partial charge in [0.05, 0.1) is 16.7 Å². The molecule has 1 aromatic heterocycles. The molecule has 72 valence electrons. The summed E-state index contributed by atoms with van der Waals surface area (Å²) in [5.74, 6) is 1.42. The molecule has 0 N–H and O–H groups in total. The number of ether oxygens (including phenoxy) is 2. The molecular formula is C10H7ClO3. The van der Waals surface area contributed by atoms with Gasteiger partial charge in [-0.25, -0.2) is 0 Å². The molecule has 0 unspecified atom stereocenters. The van der Waals surface area contributed by atoms with E-state index in [2.05, 4.69) is 0 Å². The van der Waals surface area contributed by atoms with Gasteiger partial charge in [-0.1, -0.05) is 11.6 Å². The first-order chi connectivity index (χ1) is 6.86. The molecule has 0 radical (unpaired) electrons. The van der Waals surface area contributed by atoms with Gasteiger partial charge >= 0.3 is 0 Å². The van der Waals surface area contributed by atoms with E-state index in [0.29, 0.717) is 29.6 Å². The highest BCUT2D eigenvalue weighted by atomic mass is 35.5. The minimum atomic E-state index is 0.550. The van der Waals surface area contributed by atoms with Gasteiger partial charge in [-0.05, 0) is 6.07 Å². The first kappa shape index (κ1) is 8.00. The second-order valence-corrected chi connectivity index (χ2v) is 3.45. The van der Waals surface area contributed by atoms with E-state index in [1.54, 1.807) is 12.3 Å². The van der Waals surface area contributed by atoms with E-state index in [-0.39, 0.29) is 0 Å². The van der Waals surface area contributed by atoms with Gasteiger partial charge in [-0.2, -0.15) is 0 Å². The Kier molecular flexibility index (Phi) is 1.61. The van der Waals surface area contributed by atoms with Crippen LogP contribution in [0.5, 0.6) is 11.5 Å². The van der Waals surface area contributed by atoms with Crippen molar-refractivity contribution in [2.45, 2.75) is 0 Å². The zero-order valence-corrected chi connectivity index (χ0v) is 8.00. The van der Waals surface area contributed by atoms with Crippen LogP contribution in [0.4, 0.5) is 0 Å². The van der Waals surface area contributed by atoms with E-state index in [1.165, 1.54) is 0 Å². The average molecular weight is 211 g/mol. The number of hydrogen-bond donors (Lipinski definition) is 0. The van der Waals surface area contributed by atoms with E-state index in [4.69, 9.17) is 25.5 Å². The minimum absolute atomic E-state index is 0.550. The summed E-state index contributed by atoms with van der Waals surface area (Å²) in [5.41, 5.74) is 0.649. The summed E-state index contributed by atoms with van der Waals surface area (Å²) in [4.78, 5) is 0. The van der Waals surface area contributed by atoms with Crippen molar-refractivity contribution in [2.75, 3.05) is 13.2 Å². The fourth-order valence-corrected chi connectivity index (χ4v) is 1.85. The van der Waals surface area contributed by atoms with Crippen LogP contribution in [-0.2, 0) is 0 Å². The number of hydrogen-bond acceptors (Lipinski definition) is 3. The highest BCUT2D eigenvalue weighted by Gasteiger charge is 2.18. The molecule has 14 heavy (non-hydrogen) atoms. The fourth-order valence-electron chi connectivity index (χ4n) is 1.60. The number of halogens is 1. The molecule has 1 aromatic carbocycles. The van der Waals surface area contributed by atoms with Crippen molar-refractivity contribution in [2.24, 2.45) is 0 Å². The lowest BCUT2D eigenvalue weighted by molar-refractivity contribution is 0.174. The lowest BCUT2D eigenvalue weighted by atomic mass is 10.2. The number of rotatable bonds is 0. The smallest absolute Gasteiger partial charge is 0.172 e. The zero-order chi connectivity index (χ0) is 9.54. The van der Waals surface area contributed by atoms with Crippen LogP contribution in [0.25, 0.3) is 11.0 Å². The highest BCUT2D eigenvalue weighted by molar-refractivity contribution is 6.35. The standard InChI is InChI=1S/C10H7ClO3/c11-7-5-8-10(14-4-3-12-8)6-1-2-13-9(6)7/h1-2,5H,3-4H2. The second kappa shape index (κ2) is 2.82. The van der Waals surface area contributed by atoms with E-state index >= 15 is 0 Å². The average Bonchev–Trinajstić information content (AvgIpc) is 2.67. The Hall–Kier alpha value is -1.35. The molecule has 0 bridgehead atoms. The van der Waals surface area contributed by atoms with Crippen LogP contribution in [0, 0.1) is 0 Å². The van der Waals surface area contributed by atoms with Crippen molar-refractivity contribution in [3.8, 4) is 11.5 Å². The summed E-state index contributed by atoms with van der Waals surface area (Å²) in [7, 11) is 0. The van der Waals surface area contributed by atoms with Crippen molar-refractivity contribution in [3.05, 3.63) is 23.4 Å². The molecule has 3 nitrogen and oxygen atoms in total. The maximum Gasteiger partial charge on any atom is 0.172 e. The first-order valence-electron chi connectivity index (χ1n) is 4.31. The molecule has 0 spiro atoms. The van der Waals surface area contributed by atoms with Gasteiger partial charge in [0.15, 0.2) is 17.1 Å². The maximum atomic E-state index is 6.01. The van der Waals surface area contributed by atoms with Crippen molar-refractivity contribution in [1.29, 1.82) is 0 Å². The van der Waals surface area contributed by atoms with Crippen LogP contribution in [-0.4, -0.2) is 13.2 Å². The number of furan rings is 1. The molecule has 0 fully saturated rings. The molecule has 0 saturated heterocycles. The van der Waals surface area contributed by atoms with Crippen LogP contribution >= 0.6 is 11.6 Å². The maximum absolute atomic E-state index is 6.01. The third kappa shape index (κ3) is 0.990. The van der Waals surface area contributed by atoms with Crippen molar-refractivity contribution < 1.29 is 13.9 Å². The lowest BCUT2D eigenvalue weighted by Gasteiger charge is -2.18. The van der Waals surface area contributed by atoms with Crippen molar-refractivity contribution >= 4 is 22.6 Å². The van der Waals surface area contributed by atoms with Crippen molar-refractivity contribution in [1.82, 2.24) is 0 Å². The molecule has 0 atom stereocenters. The molecule has 1 aliphatic heterocycles. The molecule has 0 saturated carbocycles. The van der Waals surface area contributed by atoms with Gasteiger partial charge in [-0.15, -0.1) is 0 Å². The Bertz CT molecular complexity index is 489. The topological polar surface area (TPSA) is 31.6 Å². The summed E-state index contributed by atoms with van der Waals surface area (Å²) in [6.07, 6.45) is 1.59. The molecular weight excluding hydrogens is 204 g/mol. The van der Waals surface area contributed by atoms with Crippen LogP contribution in [0.3, 0.4) is 0 Å². The van der Waals surface area contributed by atoms with E-state index in [1.807, 2.05) is 6.07 Å². The second-order valence-electron chi connectivity index (χ2n) is 3.05. The summed E-state index contributed by atoms with van der Waals surface area (Å²) in [5, 5.41) is 1.42. The zero-order valence-electron chi connectivity index (χ0n) is 7.25. The Morgan fingerprint density at radius 1 is 1.21 bits per heavy atom. The van der Waals surface area contributed by atoms with Crippen LogP contribution in [0.1, 0.15) is 0 Å². The normalized spacial score (nSPS) is 14.6. The Balaban J connectivity index is 2.38. The molecule has 2 aromatic rings. The van der Waals surface area contributed by atoms with Gasteiger partial charge in [0.1, 0.15) is 13.2 Å². The Morgan fingerprint density at radius 2 is 2.07 bits per heavy atom. The lowest BCUT2D eigenvalue weighted by Crippen LogP contribution is -2.15.